The highest BCUT2D eigenvalue weighted by Crippen LogP contribution is 2.28. The molecule has 0 saturated heterocycles. The van der Waals surface area contributed by atoms with E-state index < -0.39 is 0 Å². The van der Waals surface area contributed by atoms with E-state index in [1.807, 2.05) is 0 Å². The van der Waals surface area contributed by atoms with E-state index >= 15 is 0 Å². The van der Waals surface area contributed by atoms with Crippen LogP contribution in [0.4, 0.5) is 0 Å². The van der Waals surface area contributed by atoms with Gasteiger partial charge in [0.2, 0.25) is 0 Å². The Morgan fingerprint density at radius 1 is 1.13 bits per heavy atom. The van der Waals surface area contributed by atoms with Crippen molar-refractivity contribution < 1.29 is 24.2 Å². The van der Waals surface area contributed by atoms with E-state index in [0.717, 1.165) is 5.39 Å². The molecule has 23 heavy (non-hydrogen) atoms. The third-order valence-electron chi connectivity index (χ3n) is 3.47. The van der Waals surface area contributed by atoms with Crippen LogP contribution in [0.2, 0.25) is 0 Å². The minimum atomic E-state index is -0.336. The van der Waals surface area contributed by atoms with Gasteiger partial charge in [-0.25, -0.2) is 0 Å². The third-order valence-corrected chi connectivity index (χ3v) is 3.47. The number of ketones is 1. The van der Waals surface area contributed by atoms with Crippen LogP contribution in [0.15, 0.2) is 53.2 Å². The van der Waals surface area contributed by atoms with Crippen LogP contribution in [0.3, 0.4) is 0 Å². The summed E-state index contributed by atoms with van der Waals surface area (Å²) in [6.45, 7) is 0. The number of methoxy groups -OCH3 is 1. The van der Waals surface area contributed by atoms with Crippen LogP contribution >= 0.6 is 0 Å². The predicted molar refractivity (Wildman–Crippen MR) is 85.9 cm³/mol. The molecule has 0 spiro atoms. The molecule has 0 fully saturated rings. The van der Waals surface area contributed by atoms with Crippen molar-refractivity contribution in [2.75, 3.05) is 7.11 Å². The summed E-state index contributed by atoms with van der Waals surface area (Å²) in [7, 11) is 1.45. The van der Waals surface area contributed by atoms with Crippen molar-refractivity contribution in [3.63, 3.8) is 0 Å². The maximum atomic E-state index is 12.3. The number of ether oxygens (including phenoxy) is 1. The fourth-order valence-corrected chi connectivity index (χ4v) is 2.26. The molecule has 0 aliphatic rings. The van der Waals surface area contributed by atoms with Crippen molar-refractivity contribution in [1.29, 1.82) is 0 Å². The number of carbonyl (C=O) groups excluding carboxylic acids is 1. The van der Waals surface area contributed by atoms with Crippen molar-refractivity contribution in [2.24, 2.45) is 0 Å². The largest absolute Gasteiger partial charge is 0.507 e. The van der Waals surface area contributed by atoms with E-state index in [-0.39, 0.29) is 22.8 Å². The summed E-state index contributed by atoms with van der Waals surface area (Å²) in [5.74, 6) is -0.121. The van der Waals surface area contributed by atoms with E-state index in [2.05, 4.69) is 0 Å². The highest BCUT2D eigenvalue weighted by molar-refractivity contribution is 6.10. The number of phenols is 2. The number of rotatable bonds is 4. The molecule has 0 saturated carbocycles. The van der Waals surface area contributed by atoms with Gasteiger partial charge in [0.25, 0.3) is 0 Å². The summed E-state index contributed by atoms with van der Waals surface area (Å²) >= 11 is 0. The lowest BCUT2D eigenvalue weighted by molar-refractivity contribution is 0.104. The Bertz CT molecular complexity index is 905. The highest BCUT2D eigenvalue weighted by Gasteiger charge is 2.11. The van der Waals surface area contributed by atoms with Gasteiger partial charge in [0.1, 0.15) is 11.3 Å². The zero-order chi connectivity index (χ0) is 16.4. The number of aromatic hydroxyl groups is 2. The van der Waals surface area contributed by atoms with E-state index in [1.165, 1.54) is 31.6 Å². The molecule has 0 unspecified atom stereocenters. The van der Waals surface area contributed by atoms with Crippen molar-refractivity contribution in [3.8, 4) is 17.2 Å². The third kappa shape index (κ3) is 2.89. The molecule has 3 aromatic rings. The fourth-order valence-electron chi connectivity index (χ4n) is 2.26. The standard InChI is InChI=1S/C18H14O5/c1-22-18-8-11(3-5-15(18)20)2-4-14(19)13-9-12-6-7-23-17(12)10-16(13)21/h2-10,20-21H,1H3/b4-2+. The van der Waals surface area contributed by atoms with Gasteiger partial charge >= 0.3 is 0 Å². The number of hydrogen-bond acceptors (Lipinski definition) is 5. The van der Waals surface area contributed by atoms with Gasteiger partial charge in [-0.1, -0.05) is 12.1 Å². The van der Waals surface area contributed by atoms with Crippen LogP contribution in [0, 0.1) is 0 Å². The first-order valence-electron chi connectivity index (χ1n) is 6.88. The summed E-state index contributed by atoms with van der Waals surface area (Å²) < 4.78 is 10.2. The molecule has 0 bridgehead atoms. The van der Waals surface area contributed by atoms with Crippen LogP contribution in [-0.4, -0.2) is 23.1 Å². The molecular weight excluding hydrogens is 296 g/mol. The SMILES string of the molecule is COc1cc(/C=C/C(=O)c2cc3ccoc3cc2O)ccc1O. The Kier molecular flexibility index (Phi) is 3.76. The van der Waals surface area contributed by atoms with E-state index in [0.29, 0.717) is 16.9 Å². The topological polar surface area (TPSA) is 79.9 Å². The van der Waals surface area contributed by atoms with Crippen LogP contribution in [-0.2, 0) is 0 Å². The second-order valence-electron chi connectivity index (χ2n) is 4.96. The Hall–Kier alpha value is -3.21. The quantitative estimate of drug-likeness (QED) is 0.566. The molecule has 0 atom stereocenters. The van der Waals surface area contributed by atoms with Gasteiger partial charge < -0.3 is 19.4 Å². The zero-order valence-corrected chi connectivity index (χ0v) is 12.3. The van der Waals surface area contributed by atoms with Crippen LogP contribution in [0.5, 0.6) is 17.2 Å². The average Bonchev–Trinajstić information content (AvgIpc) is 3.00. The molecule has 0 aliphatic carbocycles. The predicted octanol–water partition coefficient (Wildman–Crippen LogP) is 3.75. The Balaban J connectivity index is 1.89. The van der Waals surface area contributed by atoms with Gasteiger partial charge in [0.15, 0.2) is 17.3 Å². The van der Waals surface area contributed by atoms with Crippen molar-refractivity contribution in [1.82, 2.24) is 0 Å². The maximum absolute atomic E-state index is 12.3. The second kappa shape index (κ2) is 5.88. The second-order valence-corrected chi connectivity index (χ2v) is 4.96. The number of furan rings is 1. The van der Waals surface area contributed by atoms with E-state index in [9.17, 15) is 15.0 Å². The van der Waals surface area contributed by atoms with Crippen molar-refractivity contribution in [2.45, 2.75) is 0 Å². The summed E-state index contributed by atoms with van der Waals surface area (Å²) in [6, 6.07) is 9.47. The molecule has 1 heterocycles. The lowest BCUT2D eigenvalue weighted by atomic mass is 10.1. The maximum Gasteiger partial charge on any atom is 0.189 e. The Labute approximate surface area is 132 Å². The number of hydrogen-bond donors (Lipinski definition) is 2. The van der Waals surface area contributed by atoms with Crippen LogP contribution < -0.4 is 4.74 Å². The lowest BCUT2D eigenvalue weighted by Gasteiger charge is -2.04. The normalized spacial score (nSPS) is 11.2. The summed E-state index contributed by atoms with van der Waals surface area (Å²) in [5.41, 5.74) is 1.41. The van der Waals surface area contributed by atoms with Gasteiger partial charge in [-0.3, -0.25) is 4.79 Å². The molecule has 2 N–H and O–H groups in total. The smallest absolute Gasteiger partial charge is 0.189 e. The number of benzene rings is 2. The van der Waals surface area contributed by atoms with Crippen LogP contribution in [0.25, 0.3) is 17.0 Å². The lowest BCUT2D eigenvalue weighted by Crippen LogP contribution is -1.94. The highest BCUT2D eigenvalue weighted by atomic mass is 16.5. The molecule has 0 aliphatic heterocycles. The minimum Gasteiger partial charge on any atom is -0.507 e. The molecule has 3 rings (SSSR count). The summed E-state index contributed by atoms with van der Waals surface area (Å²) in [5, 5.41) is 20.2. The van der Waals surface area contributed by atoms with Gasteiger partial charge in [0.05, 0.1) is 18.9 Å². The molecule has 2 aromatic carbocycles. The first-order chi connectivity index (χ1) is 11.1. The molecule has 0 amide bonds. The van der Waals surface area contributed by atoms with E-state index in [4.69, 9.17) is 9.15 Å². The Morgan fingerprint density at radius 2 is 1.96 bits per heavy atom. The van der Waals surface area contributed by atoms with Gasteiger partial charge in [-0.2, -0.15) is 0 Å². The fraction of sp³-hybridized carbons (Fsp3) is 0.0556. The van der Waals surface area contributed by atoms with Crippen LogP contribution in [0.1, 0.15) is 15.9 Å². The van der Waals surface area contributed by atoms with E-state index in [1.54, 1.807) is 30.3 Å². The minimum absolute atomic E-state index is 0.0269. The molecule has 1 aromatic heterocycles. The molecule has 5 nitrogen and oxygen atoms in total. The molecular formula is C18H14O5. The van der Waals surface area contributed by atoms with Crippen molar-refractivity contribution >= 4 is 22.8 Å². The Morgan fingerprint density at radius 3 is 2.74 bits per heavy atom. The van der Waals surface area contributed by atoms with Gasteiger partial charge in [-0.15, -0.1) is 0 Å². The van der Waals surface area contributed by atoms with Crippen molar-refractivity contribution in [3.05, 3.63) is 59.9 Å². The molecule has 0 radical (unpaired) electrons. The summed E-state index contributed by atoms with van der Waals surface area (Å²) in [6.07, 6.45) is 4.44. The summed E-state index contributed by atoms with van der Waals surface area (Å²) in [4.78, 5) is 12.3. The van der Waals surface area contributed by atoms with Gasteiger partial charge in [0, 0.05) is 11.5 Å². The monoisotopic (exact) mass is 310 g/mol. The number of fused-ring (bicyclic) bond motifs is 1. The molecule has 5 heteroatoms. The van der Waals surface area contributed by atoms with Gasteiger partial charge in [-0.05, 0) is 35.9 Å². The molecule has 116 valence electrons. The number of allylic oxidation sites excluding steroid dienone is 1. The number of carbonyl (C=O) groups is 1. The number of phenolic OH excluding ortho intramolecular Hbond substituents is 2. The first kappa shape index (κ1) is 14.7. The first-order valence-corrected chi connectivity index (χ1v) is 6.88. The zero-order valence-electron chi connectivity index (χ0n) is 12.3. The average molecular weight is 310 g/mol.